The van der Waals surface area contributed by atoms with Gasteiger partial charge in [-0.2, -0.15) is 0 Å². The Kier molecular flexibility index (Phi) is 10.2. The molecule has 40 heavy (non-hydrogen) atoms. The molecule has 0 spiro atoms. The maximum Gasteiger partial charge on any atom is 0.334 e. The number of esters is 1. The number of aliphatic hydroxyl groups is 3. The number of ether oxygens (including phenoxy) is 2. The zero-order valence-electron chi connectivity index (χ0n) is 25.1. The van der Waals surface area contributed by atoms with Crippen LogP contribution in [0.5, 0.6) is 0 Å². The Balaban J connectivity index is 1.45. The third kappa shape index (κ3) is 6.35. The lowest BCUT2D eigenvalue weighted by molar-refractivity contribution is -0.140. The summed E-state index contributed by atoms with van der Waals surface area (Å²) in [6.45, 7) is 17.7. The quantitative estimate of drug-likeness (QED) is 0.182. The zero-order chi connectivity index (χ0) is 29.2. The number of hydrogen-bond donors (Lipinski definition) is 3. The minimum Gasteiger partial charge on any atom is -0.458 e. The summed E-state index contributed by atoms with van der Waals surface area (Å²) in [5.74, 6) is 1.96. The van der Waals surface area contributed by atoms with Crippen LogP contribution in [0.1, 0.15) is 85.5 Å². The highest BCUT2D eigenvalue weighted by Gasteiger charge is 2.52. The average molecular weight is 557 g/mol. The highest BCUT2D eigenvalue weighted by atomic mass is 16.6. The summed E-state index contributed by atoms with van der Waals surface area (Å²) in [7, 11) is 0. The van der Waals surface area contributed by atoms with E-state index in [9.17, 15) is 15.0 Å². The van der Waals surface area contributed by atoms with Crippen molar-refractivity contribution in [3.63, 3.8) is 0 Å². The fourth-order valence-electron chi connectivity index (χ4n) is 8.37. The minimum atomic E-state index is -0.958. The Morgan fingerprint density at radius 3 is 2.58 bits per heavy atom. The van der Waals surface area contributed by atoms with Gasteiger partial charge in [-0.3, -0.25) is 0 Å². The molecule has 1 heterocycles. The lowest BCUT2D eigenvalue weighted by atomic mass is 9.60. The van der Waals surface area contributed by atoms with Gasteiger partial charge >= 0.3 is 5.97 Å². The van der Waals surface area contributed by atoms with Crippen LogP contribution < -0.4 is 0 Å². The molecule has 0 radical (unpaired) electrons. The molecular formula is C34H52O6. The fraction of sp³-hybridized carbons (Fsp3) is 0.735. The topological polar surface area (TPSA) is 96.2 Å². The van der Waals surface area contributed by atoms with E-state index in [-0.39, 0.29) is 30.0 Å². The molecule has 3 N–H and O–H groups in total. The van der Waals surface area contributed by atoms with E-state index in [1.165, 1.54) is 24.8 Å². The molecular weight excluding hydrogens is 504 g/mol. The number of allylic oxidation sites excluding steroid dienone is 3. The molecule has 0 aromatic rings. The average Bonchev–Trinajstić information content (AvgIpc) is 3.38. The molecule has 6 nitrogen and oxygen atoms in total. The predicted octanol–water partition coefficient (Wildman–Crippen LogP) is 5.68. The SMILES string of the molecule is C=C1C(=CC=C2CCC[C@]3(C)[C@@H]([C@H](C)C[C@H]4OC(=O)C(=C)[C@@H]4CC(C)C)CC[C@@H]23)C[C@@H](O)[C@H](OCCCO)[C@@H]1O. The van der Waals surface area contributed by atoms with Gasteiger partial charge in [-0.25, -0.2) is 4.79 Å². The summed E-state index contributed by atoms with van der Waals surface area (Å²) in [6, 6.07) is 0. The number of fused-ring (bicyclic) bond motifs is 1. The lowest BCUT2D eigenvalue weighted by Crippen LogP contribution is -2.45. The van der Waals surface area contributed by atoms with Crippen LogP contribution in [0.3, 0.4) is 0 Å². The van der Waals surface area contributed by atoms with E-state index < -0.39 is 18.3 Å². The van der Waals surface area contributed by atoms with Gasteiger partial charge in [-0.05, 0) is 91.6 Å². The zero-order valence-corrected chi connectivity index (χ0v) is 25.1. The maximum atomic E-state index is 12.4. The number of rotatable bonds is 10. The van der Waals surface area contributed by atoms with E-state index >= 15 is 0 Å². The van der Waals surface area contributed by atoms with E-state index in [2.05, 4.69) is 53.0 Å². The summed E-state index contributed by atoms with van der Waals surface area (Å²) in [5, 5.41) is 30.5. The molecule has 3 saturated carbocycles. The van der Waals surface area contributed by atoms with Crippen LogP contribution >= 0.6 is 0 Å². The van der Waals surface area contributed by atoms with Crippen molar-refractivity contribution in [1.82, 2.24) is 0 Å². The van der Waals surface area contributed by atoms with Crippen molar-refractivity contribution in [3.8, 4) is 0 Å². The molecule has 0 aromatic carbocycles. The van der Waals surface area contributed by atoms with Crippen LogP contribution in [0, 0.1) is 35.0 Å². The molecule has 224 valence electrons. The first kappa shape index (κ1) is 31.2. The van der Waals surface area contributed by atoms with Gasteiger partial charge in [0.2, 0.25) is 0 Å². The van der Waals surface area contributed by atoms with E-state index in [1.54, 1.807) is 0 Å². The molecule has 1 saturated heterocycles. The van der Waals surface area contributed by atoms with Crippen LogP contribution in [0.4, 0.5) is 0 Å². The van der Waals surface area contributed by atoms with E-state index in [4.69, 9.17) is 14.6 Å². The number of carbonyl (C=O) groups is 1. The highest BCUT2D eigenvalue weighted by Crippen LogP contribution is 2.60. The Labute approximate surface area is 241 Å². The Hall–Kier alpha value is -1.73. The predicted molar refractivity (Wildman–Crippen MR) is 157 cm³/mol. The smallest absolute Gasteiger partial charge is 0.334 e. The van der Waals surface area contributed by atoms with Crippen molar-refractivity contribution < 1.29 is 29.6 Å². The first-order valence-electron chi connectivity index (χ1n) is 15.5. The second kappa shape index (κ2) is 13.1. The Morgan fingerprint density at radius 1 is 1.12 bits per heavy atom. The number of aliphatic hydroxyl groups excluding tert-OH is 3. The van der Waals surface area contributed by atoms with Crippen molar-refractivity contribution in [1.29, 1.82) is 0 Å². The van der Waals surface area contributed by atoms with Crippen LogP contribution in [0.25, 0.3) is 0 Å². The molecule has 0 amide bonds. The second-order valence-electron chi connectivity index (χ2n) is 13.6. The van der Waals surface area contributed by atoms with Gasteiger partial charge in [0.05, 0.1) is 6.10 Å². The van der Waals surface area contributed by atoms with Gasteiger partial charge in [0.15, 0.2) is 0 Å². The van der Waals surface area contributed by atoms with Crippen molar-refractivity contribution in [2.75, 3.05) is 13.2 Å². The van der Waals surface area contributed by atoms with Crippen molar-refractivity contribution in [2.45, 2.75) is 110 Å². The van der Waals surface area contributed by atoms with Crippen molar-refractivity contribution in [3.05, 3.63) is 47.6 Å². The van der Waals surface area contributed by atoms with Gasteiger partial charge in [-0.15, -0.1) is 0 Å². The summed E-state index contributed by atoms with van der Waals surface area (Å²) in [5.41, 5.74) is 3.82. The molecule has 6 heteroatoms. The van der Waals surface area contributed by atoms with Crippen LogP contribution in [-0.4, -0.2) is 58.9 Å². The molecule has 9 atom stereocenters. The summed E-state index contributed by atoms with van der Waals surface area (Å²) < 4.78 is 11.5. The van der Waals surface area contributed by atoms with Gasteiger partial charge in [0.1, 0.15) is 18.3 Å². The van der Waals surface area contributed by atoms with Crippen molar-refractivity contribution >= 4 is 5.97 Å². The lowest BCUT2D eigenvalue weighted by Gasteiger charge is -2.45. The molecule has 0 bridgehead atoms. The summed E-state index contributed by atoms with van der Waals surface area (Å²) in [4.78, 5) is 12.4. The molecule has 0 aromatic heterocycles. The molecule has 4 rings (SSSR count). The summed E-state index contributed by atoms with van der Waals surface area (Å²) >= 11 is 0. The molecule has 0 unspecified atom stereocenters. The Bertz CT molecular complexity index is 1010. The normalized spacial score (nSPS) is 39.3. The van der Waals surface area contributed by atoms with Gasteiger partial charge in [0, 0.05) is 31.1 Å². The first-order valence-corrected chi connectivity index (χ1v) is 15.5. The Morgan fingerprint density at radius 2 is 1.88 bits per heavy atom. The monoisotopic (exact) mass is 556 g/mol. The second-order valence-corrected chi connectivity index (χ2v) is 13.6. The van der Waals surface area contributed by atoms with Crippen LogP contribution in [-0.2, 0) is 14.3 Å². The van der Waals surface area contributed by atoms with Gasteiger partial charge in [-0.1, -0.05) is 58.6 Å². The third-order valence-electron chi connectivity index (χ3n) is 10.5. The van der Waals surface area contributed by atoms with E-state index in [0.29, 0.717) is 54.3 Å². The van der Waals surface area contributed by atoms with Crippen LogP contribution in [0.15, 0.2) is 47.6 Å². The maximum absolute atomic E-state index is 12.4. The highest BCUT2D eigenvalue weighted by molar-refractivity contribution is 5.90. The van der Waals surface area contributed by atoms with Crippen LogP contribution in [0.2, 0.25) is 0 Å². The molecule has 3 aliphatic carbocycles. The molecule has 1 aliphatic heterocycles. The number of cyclic esters (lactones) is 1. The summed E-state index contributed by atoms with van der Waals surface area (Å²) in [6.07, 6.45) is 10.3. The molecule has 4 aliphatic rings. The number of hydrogen-bond acceptors (Lipinski definition) is 6. The minimum absolute atomic E-state index is 0.0146. The van der Waals surface area contributed by atoms with Gasteiger partial charge in [0.25, 0.3) is 0 Å². The van der Waals surface area contributed by atoms with E-state index in [1.807, 2.05) is 0 Å². The number of carbonyl (C=O) groups excluding carboxylic acids is 1. The van der Waals surface area contributed by atoms with E-state index in [0.717, 1.165) is 31.3 Å². The largest absolute Gasteiger partial charge is 0.458 e. The van der Waals surface area contributed by atoms with Gasteiger partial charge < -0.3 is 24.8 Å². The molecule has 4 fully saturated rings. The fourth-order valence-corrected chi connectivity index (χ4v) is 8.37. The standard InChI is InChI=1S/C34H52O6/c1-20(2)17-26-23(5)33(38)40-30(26)18-21(3)27-12-13-28-24(9-7-14-34(27,28)6)10-11-25-19-29(36)32(31(37)22(25)4)39-16-8-15-35/h10-11,20-21,26-32,35-37H,4-5,7-9,12-19H2,1-3,6H3/t21-,26+,27-,28+,29-,30-,31-,32+,34-/m1/s1. The van der Waals surface area contributed by atoms with Crippen molar-refractivity contribution in [2.24, 2.45) is 35.0 Å². The third-order valence-corrected chi connectivity index (χ3v) is 10.5. The first-order chi connectivity index (χ1) is 19.0.